The Balaban J connectivity index is 2.33. The van der Waals surface area contributed by atoms with E-state index in [4.69, 9.17) is 5.11 Å². The van der Waals surface area contributed by atoms with E-state index in [0.717, 1.165) is 5.56 Å². The summed E-state index contributed by atoms with van der Waals surface area (Å²) in [6.45, 7) is 4.04. The maximum atomic E-state index is 11.0. The Bertz CT molecular complexity index is 358. The highest BCUT2D eigenvalue weighted by Gasteiger charge is 2.63. The predicted molar refractivity (Wildman–Crippen MR) is 54.1 cm³/mol. The molecule has 1 aliphatic rings. The second-order valence-electron chi connectivity index (χ2n) is 4.25. The van der Waals surface area contributed by atoms with Crippen molar-refractivity contribution in [3.63, 3.8) is 0 Å². The molecule has 2 heteroatoms. The normalized spacial score (nSPS) is 35.3. The van der Waals surface area contributed by atoms with Gasteiger partial charge in [-0.3, -0.25) is 4.79 Å². The van der Waals surface area contributed by atoms with Gasteiger partial charge in [-0.2, -0.15) is 0 Å². The van der Waals surface area contributed by atoms with Crippen molar-refractivity contribution in [2.24, 2.45) is 11.8 Å². The second kappa shape index (κ2) is 2.84. The van der Waals surface area contributed by atoms with Crippen LogP contribution in [-0.4, -0.2) is 11.1 Å². The van der Waals surface area contributed by atoms with Gasteiger partial charge in [0.1, 0.15) is 0 Å². The van der Waals surface area contributed by atoms with E-state index in [1.165, 1.54) is 0 Å². The van der Waals surface area contributed by atoms with Crippen molar-refractivity contribution in [2.75, 3.05) is 0 Å². The van der Waals surface area contributed by atoms with Crippen molar-refractivity contribution in [3.05, 3.63) is 35.9 Å². The number of carboxylic acids is 1. The van der Waals surface area contributed by atoms with E-state index in [2.05, 4.69) is 0 Å². The standard InChI is InChI=1S/C12H14O2/c1-8-10(11(13)14)12(8,2)9-6-4-3-5-7-9/h3-8,10H,1-2H3,(H,13,14)/t8?,10?,12-/m0/s1. The Morgan fingerprint density at radius 2 is 1.93 bits per heavy atom. The Morgan fingerprint density at radius 1 is 1.36 bits per heavy atom. The van der Waals surface area contributed by atoms with Gasteiger partial charge in [0.05, 0.1) is 5.92 Å². The second-order valence-corrected chi connectivity index (χ2v) is 4.25. The zero-order chi connectivity index (χ0) is 10.3. The Hall–Kier alpha value is -1.31. The zero-order valence-corrected chi connectivity index (χ0v) is 8.40. The van der Waals surface area contributed by atoms with Gasteiger partial charge in [-0.05, 0) is 11.5 Å². The number of benzene rings is 1. The molecule has 1 saturated carbocycles. The molecule has 0 aliphatic heterocycles. The molecule has 1 N–H and O–H groups in total. The van der Waals surface area contributed by atoms with Gasteiger partial charge in [0, 0.05) is 5.41 Å². The molecule has 1 aromatic carbocycles. The first-order chi connectivity index (χ1) is 6.58. The summed E-state index contributed by atoms with van der Waals surface area (Å²) >= 11 is 0. The average Bonchev–Trinajstić information content (AvgIpc) is 2.72. The Morgan fingerprint density at radius 3 is 2.36 bits per heavy atom. The van der Waals surface area contributed by atoms with Crippen molar-refractivity contribution in [3.8, 4) is 0 Å². The third-order valence-electron chi connectivity index (χ3n) is 3.64. The van der Waals surface area contributed by atoms with Crippen molar-refractivity contribution >= 4 is 5.97 Å². The predicted octanol–water partition coefficient (Wildman–Crippen LogP) is 2.29. The molecule has 2 nitrogen and oxygen atoms in total. The number of hydrogen-bond acceptors (Lipinski definition) is 1. The minimum absolute atomic E-state index is 0.160. The molecule has 0 saturated heterocycles. The molecule has 1 aliphatic carbocycles. The number of carboxylic acid groups (broad SMARTS) is 1. The summed E-state index contributed by atoms with van der Waals surface area (Å²) in [5.74, 6) is -0.656. The van der Waals surface area contributed by atoms with E-state index < -0.39 is 5.97 Å². The summed E-state index contributed by atoms with van der Waals surface area (Å²) in [5, 5.41) is 9.02. The van der Waals surface area contributed by atoms with E-state index >= 15 is 0 Å². The van der Waals surface area contributed by atoms with Gasteiger partial charge in [-0.25, -0.2) is 0 Å². The van der Waals surface area contributed by atoms with Crippen LogP contribution in [0.1, 0.15) is 19.4 Å². The maximum absolute atomic E-state index is 11.0. The van der Waals surface area contributed by atoms with E-state index in [0.29, 0.717) is 0 Å². The van der Waals surface area contributed by atoms with Gasteiger partial charge in [0.25, 0.3) is 0 Å². The van der Waals surface area contributed by atoms with Crippen molar-refractivity contribution in [1.29, 1.82) is 0 Å². The van der Waals surface area contributed by atoms with Crippen LogP contribution in [-0.2, 0) is 10.2 Å². The molecule has 0 heterocycles. The molecule has 0 spiro atoms. The van der Waals surface area contributed by atoms with Gasteiger partial charge in [0.2, 0.25) is 0 Å². The van der Waals surface area contributed by atoms with Crippen LogP contribution in [0.5, 0.6) is 0 Å². The lowest BCUT2D eigenvalue weighted by molar-refractivity contribution is -0.139. The summed E-state index contributed by atoms with van der Waals surface area (Å²) < 4.78 is 0. The number of rotatable bonds is 2. The van der Waals surface area contributed by atoms with Crippen LogP contribution >= 0.6 is 0 Å². The van der Waals surface area contributed by atoms with Crippen LogP contribution in [0.2, 0.25) is 0 Å². The fraction of sp³-hybridized carbons (Fsp3) is 0.417. The van der Waals surface area contributed by atoms with Crippen LogP contribution in [0.25, 0.3) is 0 Å². The number of hydrogen-bond donors (Lipinski definition) is 1. The van der Waals surface area contributed by atoms with Crippen molar-refractivity contribution < 1.29 is 9.90 Å². The molecule has 0 aromatic heterocycles. The molecular formula is C12H14O2. The summed E-state index contributed by atoms with van der Waals surface area (Å²) in [5.41, 5.74) is 0.979. The highest BCUT2D eigenvalue weighted by molar-refractivity contribution is 5.78. The van der Waals surface area contributed by atoms with E-state index in [1.807, 2.05) is 44.2 Å². The van der Waals surface area contributed by atoms with Gasteiger partial charge in [-0.15, -0.1) is 0 Å². The molecule has 0 bridgehead atoms. The molecule has 2 rings (SSSR count). The van der Waals surface area contributed by atoms with Crippen LogP contribution in [0, 0.1) is 11.8 Å². The molecule has 14 heavy (non-hydrogen) atoms. The first kappa shape index (κ1) is 9.25. The highest BCUT2D eigenvalue weighted by Crippen LogP contribution is 2.59. The van der Waals surface area contributed by atoms with Crippen LogP contribution in [0.4, 0.5) is 0 Å². The SMILES string of the molecule is CC1C(C(=O)O)[C@]1(C)c1ccccc1. The maximum Gasteiger partial charge on any atom is 0.307 e. The monoisotopic (exact) mass is 190 g/mol. The fourth-order valence-electron chi connectivity index (χ4n) is 2.44. The minimum atomic E-state index is -0.677. The van der Waals surface area contributed by atoms with Crippen LogP contribution in [0.15, 0.2) is 30.3 Å². The van der Waals surface area contributed by atoms with Crippen molar-refractivity contribution in [1.82, 2.24) is 0 Å². The number of aliphatic carboxylic acids is 1. The van der Waals surface area contributed by atoms with Crippen LogP contribution in [0.3, 0.4) is 0 Å². The first-order valence-corrected chi connectivity index (χ1v) is 4.87. The minimum Gasteiger partial charge on any atom is -0.481 e. The van der Waals surface area contributed by atoms with E-state index in [1.54, 1.807) is 0 Å². The third kappa shape index (κ3) is 1.07. The quantitative estimate of drug-likeness (QED) is 0.776. The van der Waals surface area contributed by atoms with Gasteiger partial charge >= 0.3 is 5.97 Å². The van der Waals surface area contributed by atoms with Gasteiger partial charge in [-0.1, -0.05) is 44.2 Å². The Kier molecular flexibility index (Phi) is 1.88. The average molecular weight is 190 g/mol. The molecule has 0 radical (unpaired) electrons. The largest absolute Gasteiger partial charge is 0.481 e. The molecule has 1 fully saturated rings. The van der Waals surface area contributed by atoms with Gasteiger partial charge in [0.15, 0.2) is 0 Å². The lowest BCUT2D eigenvalue weighted by Gasteiger charge is -2.10. The molecule has 2 unspecified atom stereocenters. The first-order valence-electron chi connectivity index (χ1n) is 4.87. The topological polar surface area (TPSA) is 37.3 Å². The number of carbonyl (C=O) groups is 1. The van der Waals surface area contributed by atoms with Crippen molar-refractivity contribution in [2.45, 2.75) is 19.3 Å². The van der Waals surface area contributed by atoms with E-state index in [9.17, 15) is 4.79 Å². The van der Waals surface area contributed by atoms with E-state index in [-0.39, 0.29) is 17.3 Å². The molecule has 1 aromatic rings. The lowest BCUT2D eigenvalue weighted by Crippen LogP contribution is -2.10. The third-order valence-corrected chi connectivity index (χ3v) is 3.64. The summed E-state index contributed by atoms with van der Waals surface area (Å²) in [4.78, 5) is 11.0. The molecule has 0 amide bonds. The fourth-order valence-corrected chi connectivity index (χ4v) is 2.44. The smallest absolute Gasteiger partial charge is 0.307 e. The zero-order valence-electron chi connectivity index (χ0n) is 8.40. The summed E-state index contributed by atoms with van der Waals surface area (Å²) in [6, 6.07) is 9.91. The van der Waals surface area contributed by atoms with Gasteiger partial charge < -0.3 is 5.11 Å². The summed E-state index contributed by atoms with van der Waals surface area (Å²) in [7, 11) is 0. The summed E-state index contributed by atoms with van der Waals surface area (Å²) in [6.07, 6.45) is 0. The highest BCUT2D eigenvalue weighted by atomic mass is 16.4. The molecule has 74 valence electrons. The molecule has 3 atom stereocenters. The molecular weight excluding hydrogens is 176 g/mol. The van der Waals surface area contributed by atoms with Crippen LogP contribution < -0.4 is 0 Å². The Labute approximate surface area is 83.6 Å². The lowest BCUT2D eigenvalue weighted by atomic mass is 9.94.